The first-order chi connectivity index (χ1) is 9.31. The summed E-state index contributed by atoms with van der Waals surface area (Å²) in [5.74, 6) is -0.912. The van der Waals surface area contributed by atoms with Gasteiger partial charge >= 0.3 is 0 Å². The molecule has 1 atom stereocenters. The molecule has 0 saturated carbocycles. The van der Waals surface area contributed by atoms with Gasteiger partial charge in [-0.1, -0.05) is 17.7 Å². The summed E-state index contributed by atoms with van der Waals surface area (Å²) in [6.07, 6.45) is 0.0759. The molecule has 1 heterocycles. The van der Waals surface area contributed by atoms with Gasteiger partial charge < -0.3 is 4.90 Å². The minimum absolute atomic E-state index is 0.0759. The molecule has 2 N–H and O–H groups in total. The zero-order chi connectivity index (χ0) is 14.9. The zero-order valence-electron chi connectivity index (χ0n) is 10.4. The molecule has 20 heavy (non-hydrogen) atoms. The lowest BCUT2D eigenvalue weighted by Gasteiger charge is -2.19. The monoisotopic (exact) mass is 313 g/mol. The van der Waals surface area contributed by atoms with E-state index in [1.54, 1.807) is 18.2 Å². The number of sulfonamides is 1. The fraction of sp³-hybridized carbons (Fsp3) is 0.333. The quantitative estimate of drug-likeness (QED) is 0.893. The minimum Gasteiger partial charge on any atom is -0.309 e. The van der Waals surface area contributed by atoms with Crippen molar-refractivity contribution < 1.29 is 13.2 Å². The van der Waals surface area contributed by atoms with Crippen molar-refractivity contribution in [2.75, 3.05) is 17.2 Å². The molecule has 0 bridgehead atoms. The maximum atomic E-state index is 12.0. The molecule has 0 radical (unpaired) electrons. The average Bonchev–Trinajstić information content (AvgIpc) is 2.67. The molecule has 1 aromatic carbocycles. The van der Waals surface area contributed by atoms with Gasteiger partial charge in [0.2, 0.25) is 15.9 Å². The highest BCUT2D eigenvalue weighted by atomic mass is 35.5. The van der Waals surface area contributed by atoms with Crippen LogP contribution in [0.3, 0.4) is 0 Å². The van der Waals surface area contributed by atoms with Crippen LogP contribution in [0.4, 0.5) is 5.69 Å². The highest BCUT2D eigenvalue weighted by Crippen LogP contribution is 2.34. The van der Waals surface area contributed by atoms with Crippen LogP contribution in [0.25, 0.3) is 0 Å². The van der Waals surface area contributed by atoms with Crippen molar-refractivity contribution >= 4 is 33.2 Å². The number of nitriles is 1. The normalized spacial score (nSPS) is 19.1. The number of halogens is 1. The lowest BCUT2D eigenvalue weighted by Crippen LogP contribution is -2.28. The van der Waals surface area contributed by atoms with Crippen molar-refractivity contribution in [2.45, 2.75) is 6.42 Å². The molecule has 0 spiro atoms. The third-order valence-electron chi connectivity index (χ3n) is 3.05. The van der Waals surface area contributed by atoms with Crippen molar-refractivity contribution in [3.05, 3.63) is 28.8 Å². The molecule has 0 aromatic heterocycles. The number of primary sulfonamides is 1. The van der Waals surface area contributed by atoms with E-state index in [-0.39, 0.29) is 41.1 Å². The first-order valence-electron chi connectivity index (χ1n) is 5.81. The number of nitrogens with two attached hydrogens (primary N) is 1. The van der Waals surface area contributed by atoms with Crippen LogP contribution in [0.5, 0.6) is 0 Å². The first kappa shape index (κ1) is 14.8. The van der Waals surface area contributed by atoms with Gasteiger partial charge in [0.15, 0.2) is 0 Å². The van der Waals surface area contributed by atoms with E-state index >= 15 is 0 Å². The van der Waals surface area contributed by atoms with E-state index in [0.29, 0.717) is 5.69 Å². The van der Waals surface area contributed by atoms with Gasteiger partial charge in [-0.3, -0.25) is 4.79 Å². The molecule has 1 saturated heterocycles. The molecule has 106 valence electrons. The van der Waals surface area contributed by atoms with Crippen molar-refractivity contribution in [2.24, 2.45) is 11.1 Å². The summed E-state index contributed by atoms with van der Waals surface area (Å²) in [6.45, 7) is 0.188. The highest BCUT2D eigenvalue weighted by molar-refractivity contribution is 7.89. The van der Waals surface area contributed by atoms with Crippen molar-refractivity contribution in [3.63, 3.8) is 0 Å². The lowest BCUT2D eigenvalue weighted by atomic mass is 10.1. The van der Waals surface area contributed by atoms with Crippen LogP contribution >= 0.6 is 11.6 Å². The molecule has 0 aliphatic carbocycles. The number of rotatable bonds is 3. The van der Waals surface area contributed by atoms with E-state index in [2.05, 4.69) is 0 Å². The smallest absolute Gasteiger partial charge is 0.227 e. The fourth-order valence-electron chi connectivity index (χ4n) is 2.32. The third kappa shape index (κ3) is 3.10. The Kier molecular flexibility index (Phi) is 3.99. The molecule has 1 fully saturated rings. The molecule has 1 aromatic rings. The van der Waals surface area contributed by atoms with E-state index in [1.165, 1.54) is 4.90 Å². The van der Waals surface area contributed by atoms with Crippen LogP contribution < -0.4 is 10.0 Å². The van der Waals surface area contributed by atoms with Gasteiger partial charge in [0.25, 0.3) is 0 Å². The minimum atomic E-state index is -3.64. The topological polar surface area (TPSA) is 104 Å². The van der Waals surface area contributed by atoms with Gasteiger partial charge in [-0.2, -0.15) is 5.26 Å². The van der Waals surface area contributed by atoms with Gasteiger partial charge in [-0.05, 0) is 12.1 Å². The van der Waals surface area contributed by atoms with E-state index in [4.69, 9.17) is 22.0 Å². The Balaban J connectivity index is 2.32. The summed E-state index contributed by atoms with van der Waals surface area (Å²) < 4.78 is 22.2. The summed E-state index contributed by atoms with van der Waals surface area (Å²) in [5.41, 5.74) is 0.612. The third-order valence-corrected chi connectivity index (χ3v) is 4.29. The van der Waals surface area contributed by atoms with Crippen LogP contribution in [0.1, 0.15) is 12.0 Å². The predicted octanol–water partition coefficient (Wildman–Crippen LogP) is 0.853. The Hall–Kier alpha value is -1.62. The van der Waals surface area contributed by atoms with Gasteiger partial charge in [0.1, 0.15) is 6.07 Å². The average molecular weight is 314 g/mol. The number of carbonyl (C=O) groups excluding carboxylic acids is 1. The van der Waals surface area contributed by atoms with E-state index in [0.717, 1.165) is 0 Å². The van der Waals surface area contributed by atoms with Crippen molar-refractivity contribution in [1.29, 1.82) is 5.26 Å². The maximum Gasteiger partial charge on any atom is 0.227 e. The Morgan fingerprint density at radius 1 is 1.50 bits per heavy atom. The predicted molar refractivity (Wildman–Crippen MR) is 74.6 cm³/mol. The number of hydrogen-bond donors (Lipinski definition) is 1. The summed E-state index contributed by atoms with van der Waals surface area (Å²) in [4.78, 5) is 13.4. The molecule has 1 unspecified atom stereocenters. The van der Waals surface area contributed by atoms with Crippen molar-refractivity contribution in [3.8, 4) is 6.07 Å². The number of anilines is 1. The van der Waals surface area contributed by atoms with E-state index < -0.39 is 10.0 Å². The SMILES string of the molecule is N#Cc1cccc(Cl)c1N1CC(CS(N)(=O)=O)CC1=O. The summed E-state index contributed by atoms with van der Waals surface area (Å²) in [6, 6.07) is 6.73. The molecular weight excluding hydrogens is 302 g/mol. The van der Waals surface area contributed by atoms with Crippen LogP contribution in [0, 0.1) is 17.2 Å². The molecule has 1 aliphatic rings. The first-order valence-corrected chi connectivity index (χ1v) is 7.90. The number of para-hydroxylation sites is 1. The maximum absolute atomic E-state index is 12.0. The highest BCUT2D eigenvalue weighted by Gasteiger charge is 2.34. The van der Waals surface area contributed by atoms with E-state index in [1.807, 2.05) is 6.07 Å². The van der Waals surface area contributed by atoms with Crippen LogP contribution in [-0.4, -0.2) is 26.6 Å². The second-order valence-electron chi connectivity index (χ2n) is 4.65. The second kappa shape index (κ2) is 5.40. The molecule has 8 heteroatoms. The molecule has 1 aliphatic heterocycles. The van der Waals surface area contributed by atoms with Gasteiger partial charge in [-0.15, -0.1) is 0 Å². The van der Waals surface area contributed by atoms with Crippen LogP contribution in [-0.2, 0) is 14.8 Å². The van der Waals surface area contributed by atoms with E-state index in [9.17, 15) is 13.2 Å². The number of nitrogens with zero attached hydrogens (tertiary/aromatic N) is 2. The molecule has 6 nitrogen and oxygen atoms in total. The fourth-order valence-corrected chi connectivity index (χ4v) is 3.47. The second-order valence-corrected chi connectivity index (χ2v) is 6.72. The Bertz CT molecular complexity index is 696. The number of hydrogen-bond acceptors (Lipinski definition) is 4. The number of amides is 1. The Morgan fingerprint density at radius 3 is 2.80 bits per heavy atom. The lowest BCUT2D eigenvalue weighted by molar-refractivity contribution is -0.117. The molecule has 1 amide bonds. The number of carbonyl (C=O) groups is 1. The Labute approximate surface area is 121 Å². The van der Waals surface area contributed by atoms with Crippen LogP contribution in [0.15, 0.2) is 18.2 Å². The zero-order valence-corrected chi connectivity index (χ0v) is 12.0. The molecule has 2 rings (SSSR count). The van der Waals surface area contributed by atoms with Gasteiger partial charge in [-0.25, -0.2) is 13.6 Å². The summed E-state index contributed by atoms with van der Waals surface area (Å²) >= 11 is 6.05. The van der Waals surface area contributed by atoms with Gasteiger partial charge in [0, 0.05) is 18.9 Å². The molecular formula is C12H12ClN3O3S. The summed E-state index contributed by atoms with van der Waals surface area (Å²) in [5, 5.41) is 14.4. The Morgan fingerprint density at radius 2 is 2.20 bits per heavy atom. The van der Waals surface area contributed by atoms with Crippen LogP contribution in [0.2, 0.25) is 5.02 Å². The van der Waals surface area contributed by atoms with Crippen molar-refractivity contribution in [1.82, 2.24) is 0 Å². The largest absolute Gasteiger partial charge is 0.309 e. The summed E-state index contributed by atoms with van der Waals surface area (Å²) in [7, 11) is -3.64. The number of benzene rings is 1. The van der Waals surface area contributed by atoms with Gasteiger partial charge in [0.05, 0.1) is 22.0 Å². The standard InChI is InChI=1S/C12H12ClN3O3S/c13-10-3-1-2-9(5-14)12(10)16-6-8(4-11(16)17)7-20(15,18)19/h1-3,8H,4,6-7H2,(H2,15,18,19).